The van der Waals surface area contributed by atoms with E-state index >= 15 is 0 Å². The van der Waals surface area contributed by atoms with Crippen molar-refractivity contribution in [3.63, 3.8) is 0 Å². The van der Waals surface area contributed by atoms with Gasteiger partial charge in [0.15, 0.2) is 11.6 Å². The van der Waals surface area contributed by atoms with Crippen molar-refractivity contribution in [3.8, 4) is 0 Å². The van der Waals surface area contributed by atoms with Crippen molar-refractivity contribution in [2.75, 3.05) is 11.3 Å². The second-order valence-corrected chi connectivity index (χ2v) is 10.3. The van der Waals surface area contributed by atoms with Gasteiger partial charge >= 0.3 is 0 Å². The molecule has 0 radical (unpaired) electrons. The van der Waals surface area contributed by atoms with E-state index in [-0.39, 0.29) is 28.5 Å². The van der Waals surface area contributed by atoms with Crippen LogP contribution in [0.3, 0.4) is 0 Å². The van der Waals surface area contributed by atoms with Crippen LogP contribution in [0.2, 0.25) is 0 Å². The van der Waals surface area contributed by atoms with Gasteiger partial charge in [-0.15, -0.1) is 0 Å². The fourth-order valence-corrected chi connectivity index (χ4v) is 4.52. The van der Waals surface area contributed by atoms with Gasteiger partial charge in [-0.25, -0.2) is 8.42 Å². The zero-order valence-electron chi connectivity index (χ0n) is 17.9. The number of benzene rings is 2. The summed E-state index contributed by atoms with van der Waals surface area (Å²) in [7, 11) is -3.84. The molecule has 0 saturated heterocycles. The van der Waals surface area contributed by atoms with Crippen LogP contribution in [0.1, 0.15) is 48.0 Å². The molecule has 160 valence electrons. The first-order valence-electron chi connectivity index (χ1n) is 9.94. The molecule has 0 atom stereocenters. The Morgan fingerprint density at radius 2 is 1.65 bits per heavy atom. The van der Waals surface area contributed by atoms with Crippen molar-refractivity contribution in [1.29, 1.82) is 0 Å². The normalized spacial score (nSPS) is 14.2. The van der Waals surface area contributed by atoms with Gasteiger partial charge in [0, 0.05) is 17.2 Å². The number of anilines is 1. The molecule has 0 aliphatic carbocycles. The maximum absolute atomic E-state index is 13.1. The molecule has 7 nitrogen and oxygen atoms in total. The number of rotatable bonds is 3. The second-order valence-electron chi connectivity index (χ2n) is 8.57. The molecule has 8 heteroatoms. The molecular weight excluding hydrogens is 412 g/mol. The molecule has 1 N–H and O–H groups in total. The van der Waals surface area contributed by atoms with E-state index in [2.05, 4.69) is 35.6 Å². The van der Waals surface area contributed by atoms with Crippen LogP contribution in [0.5, 0.6) is 0 Å². The summed E-state index contributed by atoms with van der Waals surface area (Å²) in [6, 6.07) is 15.6. The van der Waals surface area contributed by atoms with Crippen LogP contribution >= 0.6 is 0 Å². The van der Waals surface area contributed by atoms with Gasteiger partial charge in [0.05, 0.1) is 10.6 Å². The van der Waals surface area contributed by atoms with Gasteiger partial charge in [-0.2, -0.15) is 9.78 Å². The van der Waals surface area contributed by atoms with E-state index in [1.165, 1.54) is 4.68 Å². The third-order valence-corrected chi connectivity index (χ3v) is 6.51. The number of sulfonamides is 1. The number of nitrogens with zero attached hydrogens (tertiary/aromatic N) is 3. The Labute approximate surface area is 181 Å². The van der Waals surface area contributed by atoms with Crippen LogP contribution in [-0.2, 0) is 15.4 Å². The Kier molecular flexibility index (Phi) is 5.05. The summed E-state index contributed by atoms with van der Waals surface area (Å²) in [5, 5.41) is 4.43. The third kappa shape index (κ3) is 4.03. The lowest BCUT2D eigenvalue weighted by Crippen LogP contribution is -2.27. The largest absolute Gasteiger partial charge is 0.292 e. The molecule has 0 fully saturated rings. The minimum Gasteiger partial charge on any atom is -0.292 e. The lowest BCUT2D eigenvalue weighted by atomic mass is 9.87. The number of aryl methyl sites for hydroxylation is 1. The van der Waals surface area contributed by atoms with Gasteiger partial charge in [-0.3, -0.25) is 14.5 Å². The molecule has 1 aliphatic rings. The van der Waals surface area contributed by atoms with Gasteiger partial charge in [0.1, 0.15) is 12.4 Å². The summed E-state index contributed by atoms with van der Waals surface area (Å²) >= 11 is 0. The predicted octanol–water partition coefficient (Wildman–Crippen LogP) is 3.78. The number of nitrogens with one attached hydrogen (secondary N) is 1. The van der Waals surface area contributed by atoms with E-state index in [1.807, 2.05) is 18.2 Å². The van der Waals surface area contributed by atoms with Crippen molar-refractivity contribution in [3.05, 3.63) is 77.0 Å². The molecule has 1 aliphatic heterocycles. The molecule has 31 heavy (non-hydrogen) atoms. The number of aromatic nitrogens is 2. The summed E-state index contributed by atoms with van der Waals surface area (Å²) in [4.78, 5) is 16.7. The van der Waals surface area contributed by atoms with Gasteiger partial charge < -0.3 is 0 Å². The highest BCUT2D eigenvalue weighted by molar-refractivity contribution is 7.92. The van der Waals surface area contributed by atoms with Crippen LogP contribution in [0.25, 0.3) is 0 Å². The minimum absolute atomic E-state index is 0.00822. The van der Waals surface area contributed by atoms with Gasteiger partial charge in [0.25, 0.3) is 10.0 Å². The first-order valence-corrected chi connectivity index (χ1v) is 11.4. The molecule has 0 unspecified atom stereocenters. The number of hydrogen-bond acceptors (Lipinski definition) is 5. The van der Waals surface area contributed by atoms with Crippen LogP contribution in [0.15, 0.2) is 64.5 Å². The lowest BCUT2D eigenvalue weighted by Gasteiger charge is -2.19. The average Bonchev–Trinajstić information content (AvgIpc) is 3.07. The maximum Gasteiger partial charge on any atom is 0.263 e. The van der Waals surface area contributed by atoms with Crippen molar-refractivity contribution in [1.82, 2.24) is 9.78 Å². The molecule has 3 aromatic rings. The molecule has 0 amide bonds. The van der Waals surface area contributed by atoms with Crippen LogP contribution in [0.4, 0.5) is 5.82 Å². The van der Waals surface area contributed by atoms with E-state index < -0.39 is 10.0 Å². The fourth-order valence-electron chi connectivity index (χ4n) is 3.48. The van der Waals surface area contributed by atoms with E-state index in [4.69, 9.17) is 0 Å². The molecule has 0 spiro atoms. The Balaban J connectivity index is 1.71. The summed E-state index contributed by atoms with van der Waals surface area (Å²) in [6.45, 7) is 7.98. The number of ketones is 1. The summed E-state index contributed by atoms with van der Waals surface area (Å²) in [6.07, 6.45) is 0. The lowest BCUT2D eigenvalue weighted by molar-refractivity contribution is 0.1000. The topological polar surface area (TPSA) is 93.4 Å². The van der Waals surface area contributed by atoms with Crippen molar-refractivity contribution in [2.24, 2.45) is 4.99 Å². The minimum atomic E-state index is -3.84. The smallest absolute Gasteiger partial charge is 0.263 e. The van der Waals surface area contributed by atoms with Crippen LogP contribution in [0, 0.1) is 6.92 Å². The highest BCUT2D eigenvalue weighted by atomic mass is 32.2. The van der Waals surface area contributed by atoms with Gasteiger partial charge in [-0.05, 0) is 30.0 Å². The van der Waals surface area contributed by atoms with E-state index in [1.54, 1.807) is 43.3 Å². The highest BCUT2D eigenvalue weighted by Gasteiger charge is 2.26. The maximum atomic E-state index is 13.1. The summed E-state index contributed by atoms with van der Waals surface area (Å²) < 4.78 is 30.2. The number of carbonyl (C=O) groups is 1. The number of fused-ring (bicyclic) bond motifs is 1. The highest BCUT2D eigenvalue weighted by Crippen LogP contribution is 2.25. The Bertz CT molecular complexity index is 1300. The van der Waals surface area contributed by atoms with Crippen molar-refractivity contribution < 1.29 is 13.2 Å². The third-order valence-electron chi connectivity index (χ3n) is 5.14. The number of hydrogen-bond donors (Lipinski definition) is 1. The molecule has 2 aromatic carbocycles. The molecule has 4 rings (SSSR count). The van der Waals surface area contributed by atoms with Gasteiger partial charge in [-0.1, -0.05) is 57.2 Å². The number of Topliss-reactive ketones (excluding diaryl/α,β-unsaturated/α-hetero) is 1. The Morgan fingerprint density at radius 3 is 2.29 bits per heavy atom. The van der Waals surface area contributed by atoms with Crippen LogP contribution < -0.4 is 4.72 Å². The van der Waals surface area contributed by atoms with Crippen molar-refractivity contribution in [2.45, 2.75) is 38.0 Å². The monoisotopic (exact) mass is 436 g/mol. The zero-order chi connectivity index (χ0) is 22.4. The number of aliphatic imine (C=N–C) groups is 1. The fraction of sp³-hybridized carbons (Fsp3) is 0.261. The molecule has 0 bridgehead atoms. The molecule has 1 aromatic heterocycles. The molecule has 0 saturated carbocycles. The predicted molar refractivity (Wildman–Crippen MR) is 120 cm³/mol. The van der Waals surface area contributed by atoms with E-state index in [0.29, 0.717) is 22.7 Å². The second kappa shape index (κ2) is 7.46. The first-order chi connectivity index (χ1) is 14.6. The molecular formula is C23H24N4O3S. The summed E-state index contributed by atoms with van der Waals surface area (Å²) in [5.41, 5.74) is 2.77. The first kappa shape index (κ1) is 21.0. The van der Waals surface area contributed by atoms with Crippen LogP contribution in [-0.4, -0.2) is 36.4 Å². The average molecular weight is 437 g/mol. The summed E-state index contributed by atoms with van der Waals surface area (Å²) in [5.74, 6) is 0.619. The van der Waals surface area contributed by atoms with E-state index in [9.17, 15) is 13.2 Å². The quantitative estimate of drug-likeness (QED) is 0.676. The van der Waals surface area contributed by atoms with Crippen molar-refractivity contribution >= 4 is 27.5 Å². The number of carbonyl (C=O) groups excluding carboxylic acids is 1. The standard InChI is InChI=1S/C23H24N4O3S/c1-15-13-21(26-31(29,30)17-11-9-16(10-12-17)23(2,3)4)27(25-15)22-19-8-6-5-7-18(19)20(28)14-24-22/h5-13,26H,14H2,1-4H3. The zero-order valence-corrected chi connectivity index (χ0v) is 18.7. The SMILES string of the molecule is Cc1cc(NS(=O)(=O)c2ccc(C(C)(C)C)cc2)n(C2=NCC(=O)c3ccccc32)n1. The Hall–Kier alpha value is -3.26. The van der Waals surface area contributed by atoms with Gasteiger partial charge in [0.2, 0.25) is 0 Å². The van der Waals surface area contributed by atoms with E-state index in [0.717, 1.165) is 5.56 Å². The Morgan fingerprint density at radius 1 is 1.00 bits per heavy atom. The molecule has 2 heterocycles.